The van der Waals surface area contributed by atoms with Crippen molar-refractivity contribution in [1.29, 1.82) is 0 Å². The molecule has 2 heteroatoms. The van der Waals surface area contributed by atoms with Gasteiger partial charge in [-0.15, -0.1) is 0 Å². The van der Waals surface area contributed by atoms with Gasteiger partial charge >= 0.3 is 0 Å². The van der Waals surface area contributed by atoms with Crippen molar-refractivity contribution in [1.82, 2.24) is 0 Å². The molecule has 0 aliphatic carbocycles. The van der Waals surface area contributed by atoms with Gasteiger partial charge in [-0.25, -0.2) is 0 Å². The summed E-state index contributed by atoms with van der Waals surface area (Å²) in [5.41, 5.74) is 0.758. The van der Waals surface area contributed by atoms with Gasteiger partial charge < -0.3 is 0 Å². The third-order valence-electron chi connectivity index (χ3n) is 1.80. The standard InChI is InChI=1S/C11H12OSi/c1-3-9(2)13-11-6-4-5-10(7-11)8-12/h3-8H,1-2H3/b9-3+. The third kappa shape index (κ3) is 2.99. The molecule has 0 N–H and O–H groups in total. The van der Waals surface area contributed by atoms with Gasteiger partial charge in [0.25, 0.3) is 0 Å². The topological polar surface area (TPSA) is 17.1 Å². The van der Waals surface area contributed by atoms with Crippen LogP contribution in [0.3, 0.4) is 0 Å². The molecular formula is C11H12OSi. The van der Waals surface area contributed by atoms with E-state index in [0.717, 1.165) is 11.8 Å². The Morgan fingerprint density at radius 2 is 2.23 bits per heavy atom. The van der Waals surface area contributed by atoms with Crippen LogP contribution in [0.15, 0.2) is 35.5 Å². The summed E-state index contributed by atoms with van der Waals surface area (Å²) in [6.45, 7) is 4.14. The Bertz CT molecular complexity index is 329. The summed E-state index contributed by atoms with van der Waals surface area (Å²) in [7, 11) is 0.680. The predicted molar refractivity (Wildman–Crippen MR) is 56.6 cm³/mol. The van der Waals surface area contributed by atoms with Crippen LogP contribution in [-0.4, -0.2) is 15.8 Å². The van der Waals surface area contributed by atoms with E-state index in [0.29, 0.717) is 9.52 Å². The van der Waals surface area contributed by atoms with E-state index in [1.807, 2.05) is 25.1 Å². The van der Waals surface area contributed by atoms with Crippen molar-refractivity contribution in [3.8, 4) is 0 Å². The van der Waals surface area contributed by atoms with Crippen LogP contribution in [0.5, 0.6) is 0 Å². The molecule has 2 radical (unpaired) electrons. The van der Waals surface area contributed by atoms with Crippen molar-refractivity contribution in [2.24, 2.45) is 0 Å². The Balaban J connectivity index is 2.83. The highest BCUT2D eigenvalue weighted by atomic mass is 28.2. The minimum absolute atomic E-state index is 0.680. The fourth-order valence-electron chi connectivity index (χ4n) is 0.990. The number of carbonyl (C=O) groups excluding carboxylic acids is 1. The molecule has 0 fully saturated rings. The molecule has 13 heavy (non-hydrogen) atoms. The van der Waals surface area contributed by atoms with Crippen LogP contribution in [-0.2, 0) is 0 Å². The summed E-state index contributed by atoms with van der Waals surface area (Å²) >= 11 is 0. The fourth-order valence-corrected chi connectivity index (χ4v) is 2.01. The van der Waals surface area contributed by atoms with Crippen molar-refractivity contribution in [3.63, 3.8) is 0 Å². The number of rotatable bonds is 3. The zero-order chi connectivity index (χ0) is 9.68. The van der Waals surface area contributed by atoms with Gasteiger partial charge in [-0.3, -0.25) is 4.79 Å². The summed E-state index contributed by atoms with van der Waals surface area (Å²) in [5.74, 6) is 0. The number of hydrogen-bond acceptors (Lipinski definition) is 1. The molecule has 0 aliphatic heterocycles. The van der Waals surface area contributed by atoms with E-state index in [9.17, 15) is 4.79 Å². The van der Waals surface area contributed by atoms with E-state index in [1.54, 1.807) is 0 Å². The van der Waals surface area contributed by atoms with Crippen molar-refractivity contribution >= 4 is 21.0 Å². The molecule has 1 nitrogen and oxygen atoms in total. The molecule has 0 aliphatic rings. The van der Waals surface area contributed by atoms with Crippen molar-refractivity contribution in [2.45, 2.75) is 13.8 Å². The molecule has 1 aromatic carbocycles. The lowest BCUT2D eigenvalue weighted by atomic mass is 10.2. The Morgan fingerprint density at radius 1 is 1.46 bits per heavy atom. The van der Waals surface area contributed by atoms with Crippen LogP contribution < -0.4 is 5.19 Å². The smallest absolute Gasteiger partial charge is 0.150 e. The van der Waals surface area contributed by atoms with Gasteiger partial charge in [-0.05, 0) is 13.8 Å². The van der Waals surface area contributed by atoms with E-state index in [4.69, 9.17) is 0 Å². The van der Waals surface area contributed by atoms with E-state index in [1.165, 1.54) is 10.4 Å². The van der Waals surface area contributed by atoms with Crippen molar-refractivity contribution in [2.75, 3.05) is 0 Å². The fraction of sp³-hybridized carbons (Fsp3) is 0.182. The van der Waals surface area contributed by atoms with E-state index < -0.39 is 0 Å². The maximum atomic E-state index is 10.5. The molecule has 0 atom stereocenters. The summed E-state index contributed by atoms with van der Waals surface area (Å²) in [6, 6.07) is 7.75. The molecule has 0 saturated heterocycles. The Labute approximate surface area is 81.3 Å². The molecule has 0 amide bonds. The first-order valence-electron chi connectivity index (χ1n) is 4.21. The Morgan fingerprint density at radius 3 is 2.85 bits per heavy atom. The first kappa shape index (κ1) is 9.93. The lowest BCUT2D eigenvalue weighted by Crippen LogP contribution is -2.15. The first-order chi connectivity index (χ1) is 6.26. The highest BCUT2D eigenvalue weighted by molar-refractivity contribution is 6.60. The molecule has 0 heterocycles. The van der Waals surface area contributed by atoms with Gasteiger partial charge in [0, 0.05) is 5.56 Å². The first-order valence-corrected chi connectivity index (χ1v) is 5.21. The molecular weight excluding hydrogens is 176 g/mol. The molecule has 1 rings (SSSR count). The van der Waals surface area contributed by atoms with E-state index >= 15 is 0 Å². The molecule has 0 saturated carbocycles. The van der Waals surface area contributed by atoms with Crippen LogP contribution >= 0.6 is 0 Å². The lowest BCUT2D eigenvalue weighted by molar-refractivity contribution is 0.112. The van der Waals surface area contributed by atoms with Crippen molar-refractivity contribution in [3.05, 3.63) is 41.1 Å². The quantitative estimate of drug-likeness (QED) is 0.522. The zero-order valence-electron chi connectivity index (χ0n) is 7.87. The van der Waals surface area contributed by atoms with E-state index in [-0.39, 0.29) is 0 Å². The number of allylic oxidation sites excluding steroid dienone is 2. The maximum absolute atomic E-state index is 10.5. The summed E-state index contributed by atoms with van der Waals surface area (Å²) in [6.07, 6.45) is 2.99. The van der Waals surface area contributed by atoms with Crippen LogP contribution in [0.1, 0.15) is 24.2 Å². The van der Waals surface area contributed by atoms with E-state index in [2.05, 4.69) is 19.1 Å². The molecule has 0 unspecified atom stereocenters. The van der Waals surface area contributed by atoms with Crippen molar-refractivity contribution < 1.29 is 4.79 Å². The average molecular weight is 188 g/mol. The minimum Gasteiger partial charge on any atom is -0.298 e. The van der Waals surface area contributed by atoms with Crippen LogP contribution in [0.4, 0.5) is 0 Å². The van der Waals surface area contributed by atoms with Gasteiger partial charge in [0.05, 0.1) is 0 Å². The number of hydrogen-bond donors (Lipinski definition) is 0. The minimum atomic E-state index is 0.680. The number of aldehydes is 1. The second kappa shape index (κ2) is 4.77. The molecule has 0 spiro atoms. The second-order valence-corrected chi connectivity index (χ2v) is 4.46. The Hall–Kier alpha value is -1.15. The van der Waals surface area contributed by atoms with Gasteiger partial charge in [-0.2, -0.15) is 0 Å². The summed E-state index contributed by atoms with van der Waals surface area (Å²) in [4.78, 5) is 10.5. The maximum Gasteiger partial charge on any atom is 0.150 e. The van der Waals surface area contributed by atoms with Crippen LogP contribution in [0, 0.1) is 0 Å². The van der Waals surface area contributed by atoms with Gasteiger partial charge in [0.1, 0.15) is 15.8 Å². The highest BCUT2D eigenvalue weighted by Gasteiger charge is 1.97. The number of carbonyl (C=O) groups is 1. The predicted octanol–water partition coefficient (Wildman–Crippen LogP) is 1.75. The van der Waals surface area contributed by atoms with Gasteiger partial charge in [0.2, 0.25) is 0 Å². The van der Waals surface area contributed by atoms with Gasteiger partial charge in [0.15, 0.2) is 0 Å². The molecule has 0 bridgehead atoms. The van der Waals surface area contributed by atoms with Gasteiger partial charge in [-0.1, -0.05) is 40.7 Å². The highest BCUT2D eigenvalue weighted by Crippen LogP contribution is 1.94. The monoisotopic (exact) mass is 188 g/mol. The number of benzene rings is 1. The molecule has 0 aromatic heterocycles. The second-order valence-electron chi connectivity index (χ2n) is 2.84. The average Bonchev–Trinajstić information content (AvgIpc) is 2.18. The van der Waals surface area contributed by atoms with Crippen LogP contribution in [0.25, 0.3) is 0 Å². The molecule has 1 aromatic rings. The van der Waals surface area contributed by atoms with Crippen LogP contribution in [0.2, 0.25) is 0 Å². The largest absolute Gasteiger partial charge is 0.298 e. The third-order valence-corrected chi connectivity index (χ3v) is 3.08. The summed E-state index contributed by atoms with van der Waals surface area (Å²) in [5, 5.41) is 2.57. The Kier molecular flexibility index (Phi) is 3.64. The summed E-state index contributed by atoms with van der Waals surface area (Å²) < 4.78 is 0. The zero-order valence-corrected chi connectivity index (χ0v) is 8.87. The normalized spacial score (nSPS) is 11.4. The lowest BCUT2D eigenvalue weighted by Gasteiger charge is -1.99. The molecule has 66 valence electrons. The SMILES string of the molecule is C/C=C(\C)[Si]c1cccc(C=O)c1.